The lowest BCUT2D eigenvalue weighted by Gasteiger charge is -2.43. The highest BCUT2D eigenvalue weighted by molar-refractivity contribution is 5.70. The lowest BCUT2D eigenvalue weighted by Crippen LogP contribution is -2.48. The Morgan fingerprint density at radius 2 is 1.95 bits per heavy atom. The van der Waals surface area contributed by atoms with Gasteiger partial charge in [0, 0.05) is 12.5 Å². The summed E-state index contributed by atoms with van der Waals surface area (Å²) in [6.45, 7) is 3.26. The summed E-state index contributed by atoms with van der Waals surface area (Å²) in [6, 6.07) is 4.10. The van der Waals surface area contributed by atoms with Gasteiger partial charge in [0.15, 0.2) is 11.5 Å². The van der Waals surface area contributed by atoms with E-state index < -0.39 is 0 Å². The van der Waals surface area contributed by atoms with E-state index in [1.807, 2.05) is 17.0 Å². The van der Waals surface area contributed by atoms with Crippen molar-refractivity contribution in [1.82, 2.24) is 4.90 Å². The molecule has 2 atom stereocenters. The van der Waals surface area contributed by atoms with Crippen LogP contribution in [0, 0.1) is 5.92 Å². The Bertz CT molecular complexity index is 543. The zero-order chi connectivity index (χ0) is 14.3. The molecule has 0 radical (unpaired) electrons. The topological polar surface area (TPSA) is 48.0 Å². The van der Waals surface area contributed by atoms with Gasteiger partial charge in [-0.25, -0.2) is 4.79 Å². The summed E-state index contributed by atoms with van der Waals surface area (Å²) in [6.07, 6.45) is 0.599. The first-order valence-electron chi connectivity index (χ1n) is 6.84. The monoisotopic (exact) mass is 277 g/mol. The Hall–Kier alpha value is -1.91. The molecular weight excluding hydrogens is 258 g/mol. The first-order chi connectivity index (χ1) is 9.65. The van der Waals surface area contributed by atoms with Crippen molar-refractivity contribution in [3.05, 3.63) is 23.3 Å². The molecule has 2 heterocycles. The first kappa shape index (κ1) is 13.1. The molecule has 5 heteroatoms. The number of fused-ring (bicyclic) bond motifs is 3. The van der Waals surface area contributed by atoms with E-state index in [4.69, 9.17) is 14.2 Å². The van der Waals surface area contributed by atoms with Crippen molar-refractivity contribution in [2.75, 3.05) is 27.4 Å². The van der Waals surface area contributed by atoms with E-state index in [0.717, 1.165) is 17.7 Å². The summed E-state index contributed by atoms with van der Waals surface area (Å²) in [5, 5.41) is 0. The maximum absolute atomic E-state index is 11.9. The average Bonchev–Trinajstić information content (AvgIpc) is 2.48. The number of nitrogens with zero attached hydrogens (tertiary/aromatic N) is 1. The normalized spacial score (nSPS) is 24.6. The Morgan fingerprint density at radius 3 is 2.65 bits per heavy atom. The second kappa shape index (κ2) is 4.89. The van der Waals surface area contributed by atoms with Gasteiger partial charge in [-0.3, -0.25) is 0 Å². The molecule has 1 fully saturated rings. The fourth-order valence-electron chi connectivity index (χ4n) is 3.17. The third kappa shape index (κ3) is 1.88. The van der Waals surface area contributed by atoms with Crippen LogP contribution in [0.4, 0.5) is 4.79 Å². The summed E-state index contributed by atoms with van der Waals surface area (Å²) in [5.41, 5.74) is 2.38. The third-order valence-corrected chi connectivity index (χ3v) is 4.17. The molecule has 0 aromatic heterocycles. The molecule has 0 saturated carbocycles. The number of hydrogen-bond acceptors (Lipinski definition) is 4. The number of carbonyl (C=O) groups is 1. The Labute approximate surface area is 118 Å². The van der Waals surface area contributed by atoms with Crippen LogP contribution in [-0.4, -0.2) is 38.4 Å². The van der Waals surface area contributed by atoms with E-state index in [1.54, 1.807) is 14.2 Å². The van der Waals surface area contributed by atoms with E-state index in [1.165, 1.54) is 5.56 Å². The average molecular weight is 277 g/mol. The van der Waals surface area contributed by atoms with Gasteiger partial charge in [0.2, 0.25) is 0 Å². The predicted octanol–water partition coefficient (Wildman–Crippen LogP) is 2.39. The summed E-state index contributed by atoms with van der Waals surface area (Å²) in [7, 11) is 3.27. The van der Waals surface area contributed by atoms with Crippen LogP contribution >= 0.6 is 0 Å². The van der Waals surface area contributed by atoms with Gasteiger partial charge < -0.3 is 19.1 Å². The zero-order valence-electron chi connectivity index (χ0n) is 12.0. The number of cyclic esters (lactones) is 1. The molecule has 0 bridgehead atoms. The zero-order valence-corrected chi connectivity index (χ0v) is 12.0. The molecule has 1 amide bonds. The quantitative estimate of drug-likeness (QED) is 0.832. The largest absolute Gasteiger partial charge is 0.493 e. The van der Waals surface area contributed by atoms with E-state index in [-0.39, 0.29) is 18.1 Å². The minimum absolute atomic E-state index is 0.0693. The van der Waals surface area contributed by atoms with Crippen molar-refractivity contribution in [2.45, 2.75) is 19.4 Å². The summed E-state index contributed by atoms with van der Waals surface area (Å²) in [5.74, 6) is 1.72. The van der Waals surface area contributed by atoms with Gasteiger partial charge in [-0.2, -0.15) is 0 Å². The molecule has 20 heavy (non-hydrogen) atoms. The standard InChI is InChI=1S/C15H19NO4/c1-9-8-20-15(17)16-5-4-10-6-12(18-2)13(19-3)7-11(10)14(9)16/h6-7,9,14H,4-5,8H2,1-3H3/t9-,14+/m1/s1. The van der Waals surface area contributed by atoms with Gasteiger partial charge in [0.05, 0.1) is 26.9 Å². The van der Waals surface area contributed by atoms with Gasteiger partial charge in [-0.1, -0.05) is 6.92 Å². The SMILES string of the molecule is COc1cc2c(cc1OC)[C@@H]1[C@H](C)COC(=O)N1CC2. The predicted molar refractivity (Wildman–Crippen MR) is 73.2 cm³/mol. The molecule has 0 N–H and O–H groups in total. The molecule has 2 aliphatic rings. The molecule has 108 valence electrons. The summed E-state index contributed by atoms with van der Waals surface area (Å²) >= 11 is 0. The van der Waals surface area contributed by atoms with Crippen LogP contribution in [-0.2, 0) is 11.2 Å². The molecule has 0 aliphatic carbocycles. The Balaban J connectivity index is 2.08. The van der Waals surface area contributed by atoms with Crippen LogP contribution in [0.15, 0.2) is 12.1 Å². The molecule has 1 saturated heterocycles. The van der Waals surface area contributed by atoms with Crippen molar-refractivity contribution in [3.63, 3.8) is 0 Å². The van der Waals surface area contributed by atoms with Crippen molar-refractivity contribution in [2.24, 2.45) is 5.92 Å². The summed E-state index contributed by atoms with van der Waals surface area (Å²) < 4.78 is 15.9. The van der Waals surface area contributed by atoms with Crippen molar-refractivity contribution in [3.8, 4) is 11.5 Å². The lowest BCUT2D eigenvalue weighted by atomic mass is 9.85. The number of methoxy groups -OCH3 is 2. The van der Waals surface area contributed by atoms with Gasteiger partial charge in [0.1, 0.15) is 0 Å². The number of ether oxygens (including phenoxy) is 3. The van der Waals surface area contributed by atoms with E-state index >= 15 is 0 Å². The van der Waals surface area contributed by atoms with Gasteiger partial charge in [-0.15, -0.1) is 0 Å². The summed E-state index contributed by atoms with van der Waals surface area (Å²) in [4.78, 5) is 13.7. The Kier molecular flexibility index (Phi) is 3.20. The van der Waals surface area contributed by atoms with Crippen LogP contribution in [0.2, 0.25) is 0 Å². The van der Waals surface area contributed by atoms with Crippen LogP contribution in [0.25, 0.3) is 0 Å². The van der Waals surface area contributed by atoms with Gasteiger partial charge in [-0.05, 0) is 29.7 Å². The molecule has 3 rings (SSSR count). The number of amides is 1. The fraction of sp³-hybridized carbons (Fsp3) is 0.533. The highest BCUT2D eigenvalue weighted by Crippen LogP contribution is 2.42. The third-order valence-electron chi connectivity index (χ3n) is 4.17. The highest BCUT2D eigenvalue weighted by atomic mass is 16.6. The van der Waals surface area contributed by atoms with E-state index in [9.17, 15) is 4.79 Å². The minimum atomic E-state index is -0.214. The number of carbonyl (C=O) groups excluding carboxylic acids is 1. The van der Waals surface area contributed by atoms with Crippen LogP contribution in [0.1, 0.15) is 24.1 Å². The van der Waals surface area contributed by atoms with E-state index in [2.05, 4.69) is 6.92 Å². The van der Waals surface area contributed by atoms with Crippen molar-refractivity contribution < 1.29 is 19.0 Å². The molecule has 0 spiro atoms. The smallest absolute Gasteiger partial charge is 0.410 e. The molecule has 0 unspecified atom stereocenters. The van der Waals surface area contributed by atoms with Crippen molar-refractivity contribution in [1.29, 1.82) is 0 Å². The molecular formula is C15H19NO4. The highest BCUT2D eigenvalue weighted by Gasteiger charge is 2.40. The number of hydrogen-bond donors (Lipinski definition) is 0. The lowest BCUT2D eigenvalue weighted by molar-refractivity contribution is 0.00823. The molecule has 1 aromatic rings. The maximum atomic E-state index is 11.9. The number of rotatable bonds is 2. The van der Waals surface area contributed by atoms with Crippen LogP contribution < -0.4 is 9.47 Å². The van der Waals surface area contributed by atoms with Crippen LogP contribution in [0.3, 0.4) is 0 Å². The molecule has 5 nitrogen and oxygen atoms in total. The number of benzene rings is 1. The second-order valence-electron chi connectivity index (χ2n) is 5.35. The Morgan fingerprint density at radius 1 is 1.25 bits per heavy atom. The van der Waals surface area contributed by atoms with Crippen LogP contribution in [0.5, 0.6) is 11.5 Å². The molecule has 1 aromatic carbocycles. The van der Waals surface area contributed by atoms with Gasteiger partial charge in [0.25, 0.3) is 0 Å². The fourth-order valence-corrected chi connectivity index (χ4v) is 3.17. The van der Waals surface area contributed by atoms with Gasteiger partial charge >= 0.3 is 6.09 Å². The van der Waals surface area contributed by atoms with E-state index in [0.29, 0.717) is 18.9 Å². The minimum Gasteiger partial charge on any atom is -0.493 e. The molecule has 2 aliphatic heterocycles. The van der Waals surface area contributed by atoms with Crippen molar-refractivity contribution >= 4 is 6.09 Å². The second-order valence-corrected chi connectivity index (χ2v) is 5.35. The maximum Gasteiger partial charge on any atom is 0.410 e. The first-order valence-corrected chi connectivity index (χ1v) is 6.84.